The number of carbonyl (C=O) groups excluding carboxylic acids is 1. The van der Waals surface area contributed by atoms with E-state index in [1.165, 1.54) is 19.3 Å². The zero-order chi connectivity index (χ0) is 15.4. The molecule has 116 valence electrons. The SMILES string of the molecule is CCOC(=O)c1ccc(NC2CCCC(C)C2C)c(Br)c1. The van der Waals surface area contributed by atoms with Crippen molar-refractivity contribution in [2.45, 2.75) is 46.1 Å². The molecule has 3 atom stereocenters. The second-order valence-electron chi connectivity index (χ2n) is 5.93. The van der Waals surface area contributed by atoms with E-state index in [0.29, 0.717) is 24.1 Å². The molecule has 0 aromatic heterocycles. The fourth-order valence-electron chi connectivity index (χ4n) is 2.96. The highest BCUT2D eigenvalue weighted by Gasteiger charge is 2.27. The summed E-state index contributed by atoms with van der Waals surface area (Å²) >= 11 is 3.56. The lowest BCUT2D eigenvalue weighted by Crippen LogP contribution is -2.35. The summed E-state index contributed by atoms with van der Waals surface area (Å²) in [5.74, 6) is 1.15. The van der Waals surface area contributed by atoms with Crippen LogP contribution in [-0.2, 0) is 4.74 Å². The third kappa shape index (κ3) is 4.00. The molecule has 0 amide bonds. The summed E-state index contributed by atoms with van der Waals surface area (Å²) in [6.07, 6.45) is 3.81. The highest BCUT2D eigenvalue weighted by Crippen LogP contribution is 2.33. The summed E-state index contributed by atoms with van der Waals surface area (Å²) in [7, 11) is 0. The van der Waals surface area contributed by atoms with Crippen LogP contribution in [0.25, 0.3) is 0 Å². The number of hydrogen-bond acceptors (Lipinski definition) is 3. The number of benzene rings is 1. The van der Waals surface area contributed by atoms with E-state index in [-0.39, 0.29) is 5.97 Å². The first-order valence-electron chi connectivity index (χ1n) is 7.76. The Morgan fingerprint density at radius 2 is 2.14 bits per heavy atom. The fraction of sp³-hybridized carbons (Fsp3) is 0.588. The Kier molecular flexibility index (Phi) is 5.68. The first kappa shape index (κ1) is 16.3. The molecule has 0 radical (unpaired) electrons. The predicted molar refractivity (Wildman–Crippen MR) is 89.7 cm³/mol. The Balaban J connectivity index is 2.09. The van der Waals surface area contributed by atoms with E-state index in [9.17, 15) is 4.79 Å². The van der Waals surface area contributed by atoms with Gasteiger partial charge in [-0.15, -0.1) is 0 Å². The number of halogens is 1. The van der Waals surface area contributed by atoms with Crippen molar-refractivity contribution in [3.63, 3.8) is 0 Å². The monoisotopic (exact) mass is 353 g/mol. The average Bonchev–Trinajstić information content (AvgIpc) is 2.46. The van der Waals surface area contributed by atoms with Crippen LogP contribution >= 0.6 is 15.9 Å². The topological polar surface area (TPSA) is 38.3 Å². The van der Waals surface area contributed by atoms with Gasteiger partial charge in [0.1, 0.15) is 0 Å². The molecule has 1 aliphatic rings. The summed E-state index contributed by atoms with van der Waals surface area (Å²) < 4.78 is 5.94. The smallest absolute Gasteiger partial charge is 0.338 e. The van der Waals surface area contributed by atoms with Crippen LogP contribution in [0, 0.1) is 11.8 Å². The van der Waals surface area contributed by atoms with E-state index in [1.54, 1.807) is 0 Å². The summed E-state index contributed by atoms with van der Waals surface area (Å²) in [5, 5.41) is 3.63. The van der Waals surface area contributed by atoms with Crippen molar-refractivity contribution in [3.8, 4) is 0 Å². The van der Waals surface area contributed by atoms with Crippen LogP contribution in [0.15, 0.2) is 22.7 Å². The summed E-state index contributed by atoms with van der Waals surface area (Å²) in [4.78, 5) is 11.7. The molecule has 4 heteroatoms. The molecule has 1 aliphatic carbocycles. The first-order chi connectivity index (χ1) is 10.0. The minimum atomic E-state index is -0.274. The Bertz CT molecular complexity index is 504. The maximum absolute atomic E-state index is 11.7. The average molecular weight is 354 g/mol. The van der Waals surface area contributed by atoms with E-state index in [4.69, 9.17) is 4.74 Å². The molecule has 0 spiro atoms. The third-order valence-corrected chi connectivity index (χ3v) is 5.18. The number of hydrogen-bond donors (Lipinski definition) is 1. The molecule has 1 aromatic rings. The number of rotatable bonds is 4. The number of nitrogens with one attached hydrogen (secondary N) is 1. The van der Waals surface area contributed by atoms with Gasteiger partial charge in [-0.2, -0.15) is 0 Å². The second kappa shape index (κ2) is 7.30. The first-order valence-corrected chi connectivity index (χ1v) is 8.55. The van der Waals surface area contributed by atoms with Crippen molar-refractivity contribution >= 4 is 27.6 Å². The van der Waals surface area contributed by atoms with Gasteiger partial charge in [-0.1, -0.05) is 26.7 Å². The van der Waals surface area contributed by atoms with Crippen molar-refractivity contribution in [2.24, 2.45) is 11.8 Å². The van der Waals surface area contributed by atoms with Crippen molar-refractivity contribution < 1.29 is 9.53 Å². The van der Waals surface area contributed by atoms with Crippen LogP contribution < -0.4 is 5.32 Å². The van der Waals surface area contributed by atoms with Crippen molar-refractivity contribution in [3.05, 3.63) is 28.2 Å². The maximum Gasteiger partial charge on any atom is 0.338 e. The summed E-state index contributed by atoms with van der Waals surface area (Å²) in [6.45, 7) is 6.86. The Morgan fingerprint density at radius 1 is 1.38 bits per heavy atom. The highest BCUT2D eigenvalue weighted by molar-refractivity contribution is 9.10. The fourth-order valence-corrected chi connectivity index (χ4v) is 3.45. The van der Waals surface area contributed by atoms with Crippen LogP contribution in [0.2, 0.25) is 0 Å². The number of ether oxygens (including phenoxy) is 1. The molecule has 1 aromatic carbocycles. The van der Waals surface area contributed by atoms with Gasteiger partial charge in [0.2, 0.25) is 0 Å². The second-order valence-corrected chi connectivity index (χ2v) is 6.79. The summed E-state index contributed by atoms with van der Waals surface area (Å²) in [6, 6.07) is 6.11. The van der Waals surface area contributed by atoms with Gasteiger partial charge in [0, 0.05) is 16.2 Å². The molecule has 0 saturated heterocycles. The molecule has 1 fully saturated rings. The van der Waals surface area contributed by atoms with Gasteiger partial charge in [-0.3, -0.25) is 0 Å². The zero-order valence-electron chi connectivity index (χ0n) is 13.0. The molecular weight excluding hydrogens is 330 g/mol. The minimum absolute atomic E-state index is 0.274. The molecule has 0 aliphatic heterocycles. The largest absolute Gasteiger partial charge is 0.462 e. The van der Waals surface area contributed by atoms with Crippen LogP contribution in [0.5, 0.6) is 0 Å². The Labute approximate surface area is 135 Å². The lowest BCUT2D eigenvalue weighted by molar-refractivity contribution is 0.0526. The number of anilines is 1. The molecule has 1 saturated carbocycles. The van der Waals surface area contributed by atoms with Gasteiger partial charge in [-0.05, 0) is 59.3 Å². The quantitative estimate of drug-likeness (QED) is 0.785. The van der Waals surface area contributed by atoms with Crippen LogP contribution in [0.1, 0.15) is 50.4 Å². The maximum atomic E-state index is 11.7. The zero-order valence-corrected chi connectivity index (χ0v) is 14.6. The van der Waals surface area contributed by atoms with Crippen LogP contribution in [0.4, 0.5) is 5.69 Å². The lowest BCUT2D eigenvalue weighted by Gasteiger charge is -2.35. The lowest BCUT2D eigenvalue weighted by atomic mass is 9.78. The normalized spacial score (nSPS) is 25.4. The van der Waals surface area contributed by atoms with E-state index >= 15 is 0 Å². The molecule has 0 heterocycles. The van der Waals surface area contributed by atoms with Gasteiger partial charge < -0.3 is 10.1 Å². The van der Waals surface area contributed by atoms with Crippen molar-refractivity contribution in [1.29, 1.82) is 0 Å². The van der Waals surface area contributed by atoms with E-state index in [2.05, 4.69) is 35.1 Å². The summed E-state index contributed by atoms with van der Waals surface area (Å²) in [5.41, 5.74) is 1.63. The van der Waals surface area contributed by atoms with Crippen LogP contribution in [0.3, 0.4) is 0 Å². The van der Waals surface area contributed by atoms with E-state index < -0.39 is 0 Å². The molecule has 3 unspecified atom stereocenters. The third-order valence-electron chi connectivity index (χ3n) is 4.53. The van der Waals surface area contributed by atoms with E-state index in [1.807, 2.05) is 25.1 Å². The van der Waals surface area contributed by atoms with Gasteiger partial charge in [0.25, 0.3) is 0 Å². The molecular formula is C17H24BrNO2. The van der Waals surface area contributed by atoms with E-state index in [0.717, 1.165) is 16.1 Å². The Morgan fingerprint density at radius 3 is 2.81 bits per heavy atom. The van der Waals surface area contributed by atoms with Gasteiger partial charge in [0.05, 0.1) is 12.2 Å². The molecule has 0 bridgehead atoms. The number of carbonyl (C=O) groups is 1. The molecule has 21 heavy (non-hydrogen) atoms. The predicted octanol–water partition coefficient (Wildman–Crippen LogP) is 4.86. The van der Waals surface area contributed by atoms with Crippen LogP contribution in [-0.4, -0.2) is 18.6 Å². The van der Waals surface area contributed by atoms with Gasteiger partial charge in [-0.25, -0.2) is 4.79 Å². The minimum Gasteiger partial charge on any atom is -0.462 e. The Hall–Kier alpha value is -1.03. The van der Waals surface area contributed by atoms with Crippen molar-refractivity contribution in [2.75, 3.05) is 11.9 Å². The molecule has 1 N–H and O–H groups in total. The van der Waals surface area contributed by atoms with Crippen molar-refractivity contribution in [1.82, 2.24) is 0 Å². The van der Waals surface area contributed by atoms with Gasteiger partial charge >= 0.3 is 5.97 Å². The molecule has 3 nitrogen and oxygen atoms in total. The standard InChI is InChI=1S/C17H24BrNO2/c1-4-21-17(20)13-8-9-16(14(18)10-13)19-15-7-5-6-11(2)12(15)3/h8-12,15,19H,4-7H2,1-3H3. The highest BCUT2D eigenvalue weighted by atomic mass is 79.9. The van der Waals surface area contributed by atoms with Gasteiger partial charge in [0.15, 0.2) is 0 Å². The number of esters is 1. The molecule has 2 rings (SSSR count).